The van der Waals surface area contributed by atoms with Gasteiger partial charge in [-0.1, -0.05) is 27.7 Å². The van der Waals surface area contributed by atoms with Gasteiger partial charge >= 0.3 is 11.9 Å². The Morgan fingerprint density at radius 3 is 1.38 bits per heavy atom. The third kappa shape index (κ3) is 2.32. The minimum absolute atomic E-state index is 0.226. The van der Waals surface area contributed by atoms with Crippen molar-refractivity contribution in [3.63, 3.8) is 0 Å². The normalized spacial score (nSPS) is 16.6. The van der Waals surface area contributed by atoms with Gasteiger partial charge in [-0.15, -0.1) is 45.3 Å². The number of benzene rings is 1. The molecule has 8 heteroatoms. The number of carboxylic acids is 2. The van der Waals surface area contributed by atoms with Crippen molar-refractivity contribution in [3.8, 4) is 20.9 Å². The molecule has 0 atom stereocenters. The Labute approximate surface area is 210 Å². The van der Waals surface area contributed by atoms with Gasteiger partial charge in [0.15, 0.2) is 0 Å². The average molecular weight is 523 g/mol. The van der Waals surface area contributed by atoms with Crippen LogP contribution in [0.5, 0.6) is 0 Å². The molecule has 0 radical (unpaired) electrons. The molecule has 34 heavy (non-hydrogen) atoms. The zero-order chi connectivity index (χ0) is 23.9. The first kappa shape index (κ1) is 20.8. The zero-order valence-electron chi connectivity index (χ0n) is 18.7. The third-order valence-electron chi connectivity index (χ3n) is 7.39. The predicted molar refractivity (Wildman–Crippen MR) is 142 cm³/mol. The van der Waals surface area contributed by atoms with Crippen molar-refractivity contribution in [2.75, 3.05) is 0 Å². The number of carboxylic acid groups (broad SMARTS) is 2. The first-order chi connectivity index (χ1) is 16.0. The van der Waals surface area contributed by atoms with E-state index in [9.17, 15) is 19.8 Å². The second-order valence-corrected chi connectivity index (χ2v) is 14.2. The van der Waals surface area contributed by atoms with Gasteiger partial charge in [0.25, 0.3) is 0 Å². The maximum atomic E-state index is 11.6. The van der Waals surface area contributed by atoms with Crippen molar-refractivity contribution in [2.45, 2.75) is 38.5 Å². The summed E-state index contributed by atoms with van der Waals surface area (Å²) >= 11 is 6.16. The minimum atomic E-state index is -0.868. The highest BCUT2D eigenvalue weighted by Gasteiger charge is 2.45. The number of rotatable bonds is 2. The van der Waals surface area contributed by atoms with Crippen molar-refractivity contribution in [1.82, 2.24) is 0 Å². The van der Waals surface area contributed by atoms with Gasteiger partial charge in [0, 0.05) is 30.0 Å². The lowest BCUT2D eigenvalue weighted by Crippen LogP contribution is -2.17. The van der Waals surface area contributed by atoms with E-state index < -0.39 is 11.9 Å². The van der Waals surface area contributed by atoms with Gasteiger partial charge in [0.05, 0.1) is 9.40 Å². The molecule has 0 saturated heterocycles. The van der Waals surface area contributed by atoms with E-state index in [2.05, 4.69) is 39.8 Å². The van der Waals surface area contributed by atoms with Crippen LogP contribution in [0.3, 0.4) is 0 Å². The summed E-state index contributed by atoms with van der Waals surface area (Å²) in [6.45, 7) is 8.96. The topological polar surface area (TPSA) is 74.6 Å². The summed E-state index contributed by atoms with van der Waals surface area (Å²) in [7, 11) is 0. The number of carbonyl (C=O) groups is 2. The smallest absolute Gasteiger partial charge is 0.345 e. The van der Waals surface area contributed by atoms with Crippen LogP contribution in [-0.2, 0) is 10.8 Å². The molecule has 2 aliphatic rings. The molecule has 0 aliphatic heterocycles. The van der Waals surface area contributed by atoms with Gasteiger partial charge in [-0.2, -0.15) is 0 Å². The monoisotopic (exact) mass is 522 g/mol. The van der Waals surface area contributed by atoms with Crippen molar-refractivity contribution in [2.24, 2.45) is 0 Å². The highest BCUT2D eigenvalue weighted by molar-refractivity contribution is 7.31. The van der Waals surface area contributed by atoms with Gasteiger partial charge in [0.1, 0.15) is 9.75 Å². The molecule has 1 aromatic carbocycles. The minimum Gasteiger partial charge on any atom is -0.477 e. The Hall–Kier alpha value is -2.52. The molecule has 0 bridgehead atoms. The molecular weight excluding hydrogens is 505 g/mol. The molecule has 7 rings (SSSR count). The summed E-state index contributed by atoms with van der Waals surface area (Å²) in [6.07, 6.45) is 0. The van der Waals surface area contributed by atoms with Crippen LogP contribution in [0.15, 0.2) is 24.3 Å². The van der Waals surface area contributed by atoms with Gasteiger partial charge in [-0.3, -0.25) is 0 Å². The first-order valence-corrected chi connectivity index (χ1v) is 14.1. The molecule has 5 aromatic rings. The van der Waals surface area contributed by atoms with Crippen molar-refractivity contribution >= 4 is 76.1 Å². The molecule has 0 saturated carbocycles. The highest BCUT2D eigenvalue weighted by atomic mass is 32.1. The van der Waals surface area contributed by atoms with Crippen molar-refractivity contribution < 1.29 is 19.8 Å². The summed E-state index contributed by atoms with van der Waals surface area (Å²) < 4.78 is 4.28. The fourth-order valence-electron chi connectivity index (χ4n) is 5.78. The fraction of sp³-hybridized carbons (Fsp3) is 0.231. The fourth-order valence-corrected chi connectivity index (χ4v) is 11.4. The summed E-state index contributed by atoms with van der Waals surface area (Å²) in [4.78, 5) is 26.4. The number of hydrogen-bond donors (Lipinski definition) is 2. The van der Waals surface area contributed by atoms with Crippen LogP contribution in [0, 0.1) is 0 Å². The number of aromatic carboxylic acids is 2. The lowest BCUT2D eigenvalue weighted by molar-refractivity contribution is 0.0691. The lowest BCUT2D eigenvalue weighted by atomic mass is 9.79. The van der Waals surface area contributed by atoms with Crippen molar-refractivity contribution in [3.05, 3.63) is 56.3 Å². The molecule has 2 aliphatic carbocycles. The van der Waals surface area contributed by atoms with Crippen LogP contribution in [0.2, 0.25) is 0 Å². The van der Waals surface area contributed by atoms with Crippen LogP contribution < -0.4 is 0 Å². The highest BCUT2D eigenvalue weighted by Crippen LogP contribution is 2.62. The molecule has 0 amide bonds. The van der Waals surface area contributed by atoms with E-state index in [1.54, 1.807) is 22.7 Å². The Morgan fingerprint density at radius 1 is 0.647 bits per heavy atom. The maximum absolute atomic E-state index is 11.6. The molecule has 0 fully saturated rings. The summed E-state index contributed by atoms with van der Waals surface area (Å²) in [5.41, 5.74) is 7.12. The SMILES string of the molecule is CC1(C)c2cc3c(cc2-c2sc4cc(C(=O)O)sc4c21)C(C)(C)c1c-3sc2cc(C(=O)O)sc12. The first-order valence-electron chi connectivity index (χ1n) is 10.8. The molecular formula is C26H18O4S4. The van der Waals surface area contributed by atoms with Crippen LogP contribution in [0.25, 0.3) is 39.7 Å². The van der Waals surface area contributed by atoms with Crippen LogP contribution in [0.1, 0.15) is 69.3 Å². The number of fused-ring (bicyclic) bond motifs is 10. The average Bonchev–Trinajstić information content (AvgIpc) is 3.52. The van der Waals surface area contributed by atoms with E-state index in [4.69, 9.17) is 0 Å². The summed E-state index contributed by atoms with van der Waals surface area (Å²) in [5.74, 6) is -1.74. The van der Waals surface area contributed by atoms with Gasteiger partial charge in [0.2, 0.25) is 0 Å². The Kier molecular flexibility index (Phi) is 3.78. The molecule has 4 heterocycles. The van der Waals surface area contributed by atoms with E-state index in [0.717, 1.165) is 18.8 Å². The van der Waals surface area contributed by atoms with Crippen LogP contribution >= 0.6 is 45.3 Å². The summed E-state index contributed by atoms with van der Waals surface area (Å²) in [5, 5.41) is 19.0. The molecule has 4 aromatic heterocycles. The molecule has 2 N–H and O–H groups in total. The second kappa shape index (κ2) is 6.18. The molecule has 0 unspecified atom stereocenters. The van der Waals surface area contributed by atoms with Crippen LogP contribution in [0.4, 0.5) is 0 Å². The molecule has 170 valence electrons. The van der Waals surface area contributed by atoms with E-state index >= 15 is 0 Å². The zero-order valence-corrected chi connectivity index (χ0v) is 21.9. The number of hydrogen-bond acceptors (Lipinski definition) is 6. The van der Waals surface area contributed by atoms with Gasteiger partial charge in [-0.25, -0.2) is 9.59 Å². The third-order valence-corrected chi connectivity index (χ3v) is 12.3. The van der Waals surface area contributed by atoms with Gasteiger partial charge < -0.3 is 10.2 Å². The Morgan fingerprint density at radius 2 is 1.03 bits per heavy atom. The Balaban J connectivity index is 1.48. The predicted octanol–water partition coefficient (Wildman–Crippen LogP) is 8.25. The van der Waals surface area contributed by atoms with Gasteiger partial charge in [-0.05, 0) is 57.6 Å². The standard InChI is InChI=1S/C26H18O4S4/c1-25(2)11-5-10-12(6-9(11)19-17(25)21-13(31-19)7-15(33-21)23(27)28)26(3,4)18-20(10)32-14-8-16(24(29)30)34-22(14)18/h5-8H,1-4H3,(H,27,28)(H,29,30). The second-order valence-electron chi connectivity index (χ2n) is 10.0. The lowest BCUT2D eigenvalue weighted by Gasteiger charge is -2.24. The Bertz CT molecular complexity index is 1640. The summed E-state index contributed by atoms with van der Waals surface area (Å²) in [6, 6.07) is 8.31. The quantitative estimate of drug-likeness (QED) is 0.245. The number of thiophene rings is 4. The largest absolute Gasteiger partial charge is 0.477 e. The van der Waals surface area contributed by atoms with E-state index in [0.29, 0.717) is 9.75 Å². The van der Waals surface area contributed by atoms with E-state index in [-0.39, 0.29) is 10.8 Å². The van der Waals surface area contributed by atoms with E-state index in [1.807, 2.05) is 12.1 Å². The van der Waals surface area contributed by atoms with Crippen molar-refractivity contribution in [1.29, 1.82) is 0 Å². The maximum Gasteiger partial charge on any atom is 0.345 e. The van der Waals surface area contributed by atoms with Crippen LogP contribution in [-0.4, -0.2) is 22.2 Å². The van der Waals surface area contributed by atoms with E-state index in [1.165, 1.54) is 65.8 Å². The molecule has 4 nitrogen and oxygen atoms in total. The molecule has 0 spiro atoms.